The molecule has 148 valence electrons. The smallest absolute Gasteiger partial charge is 0.243 e. The van der Waals surface area contributed by atoms with Crippen molar-refractivity contribution < 1.29 is 27.6 Å². The van der Waals surface area contributed by atoms with E-state index in [2.05, 4.69) is 0 Å². The number of hydrogen-bond donors (Lipinski definition) is 0. The standard InChI is InChI=1S/C16H21N3O7S/c1-25-14-4-3-11(9-15(14)26-2)27(23,24)18-7-5-17(6-8-18)16(20)12-10-13(12)19(21)22/h3-4,9,12-13H,5-8,10H2,1-2H3/t12-,13+/m0/s1. The second-order valence-corrected chi connectivity index (χ2v) is 8.38. The highest BCUT2D eigenvalue weighted by molar-refractivity contribution is 7.89. The van der Waals surface area contributed by atoms with Crippen molar-refractivity contribution in [3.63, 3.8) is 0 Å². The lowest BCUT2D eigenvalue weighted by Gasteiger charge is -2.34. The molecule has 27 heavy (non-hydrogen) atoms. The fraction of sp³-hybridized carbons (Fsp3) is 0.562. The van der Waals surface area contributed by atoms with E-state index in [0.29, 0.717) is 11.5 Å². The molecule has 1 saturated heterocycles. The van der Waals surface area contributed by atoms with Gasteiger partial charge < -0.3 is 14.4 Å². The molecule has 10 nitrogen and oxygen atoms in total. The van der Waals surface area contributed by atoms with Gasteiger partial charge in [0, 0.05) is 43.6 Å². The fourth-order valence-corrected chi connectivity index (χ4v) is 4.63. The summed E-state index contributed by atoms with van der Waals surface area (Å²) < 4.78 is 37.3. The third kappa shape index (κ3) is 3.69. The number of methoxy groups -OCH3 is 2. The Labute approximate surface area is 156 Å². The first-order chi connectivity index (χ1) is 12.8. The minimum absolute atomic E-state index is 0.0792. The highest BCUT2D eigenvalue weighted by atomic mass is 32.2. The molecule has 1 aliphatic heterocycles. The molecule has 0 bridgehead atoms. The lowest BCUT2D eigenvalue weighted by Crippen LogP contribution is -2.51. The highest BCUT2D eigenvalue weighted by Gasteiger charge is 2.54. The number of nitro groups is 1. The number of carbonyl (C=O) groups excluding carboxylic acids is 1. The Balaban J connectivity index is 1.66. The Morgan fingerprint density at radius 2 is 1.78 bits per heavy atom. The number of amides is 1. The fourth-order valence-electron chi connectivity index (χ4n) is 3.19. The van der Waals surface area contributed by atoms with Gasteiger partial charge in [-0.15, -0.1) is 0 Å². The number of carbonyl (C=O) groups is 1. The van der Waals surface area contributed by atoms with Crippen molar-refractivity contribution in [2.45, 2.75) is 17.4 Å². The van der Waals surface area contributed by atoms with Crippen LogP contribution in [0.5, 0.6) is 11.5 Å². The zero-order valence-corrected chi connectivity index (χ0v) is 15.8. The topological polar surface area (TPSA) is 119 Å². The van der Waals surface area contributed by atoms with Gasteiger partial charge in [0.25, 0.3) is 0 Å². The quantitative estimate of drug-likeness (QED) is 0.495. The molecule has 2 atom stereocenters. The van der Waals surface area contributed by atoms with Crippen molar-refractivity contribution in [2.24, 2.45) is 5.92 Å². The van der Waals surface area contributed by atoms with Crippen LogP contribution in [-0.2, 0) is 14.8 Å². The molecule has 1 aromatic carbocycles. The van der Waals surface area contributed by atoms with Gasteiger partial charge >= 0.3 is 0 Å². The van der Waals surface area contributed by atoms with Gasteiger partial charge in [-0.2, -0.15) is 4.31 Å². The number of nitrogens with zero attached hydrogens (tertiary/aromatic N) is 3. The third-order valence-corrected chi connectivity index (χ3v) is 6.78. The molecule has 2 fully saturated rings. The van der Waals surface area contributed by atoms with Crippen molar-refractivity contribution in [3.8, 4) is 11.5 Å². The van der Waals surface area contributed by atoms with Gasteiger partial charge in [0.05, 0.1) is 19.1 Å². The Morgan fingerprint density at radius 3 is 2.30 bits per heavy atom. The summed E-state index contributed by atoms with van der Waals surface area (Å²) in [6, 6.07) is 3.57. The van der Waals surface area contributed by atoms with Crippen LogP contribution >= 0.6 is 0 Å². The van der Waals surface area contributed by atoms with E-state index in [0.717, 1.165) is 0 Å². The largest absolute Gasteiger partial charge is 0.493 e. The Kier molecular flexibility index (Phi) is 5.24. The van der Waals surface area contributed by atoms with Gasteiger partial charge in [0.1, 0.15) is 5.92 Å². The maximum absolute atomic E-state index is 12.9. The van der Waals surface area contributed by atoms with E-state index in [9.17, 15) is 23.3 Å². The lowest BCUT2D eigenvalue weighted by atomic mass is 10.3. The summed E-state index contributed by atoms with van der Waals surface area (Å²) in [5, 5.41) is 10.7. The minimum atomic E-state index is -3.75. The normalized spacial score (nSPS) is 23.0. The van der Waals surface area contributed by atoms with E-state index >= 15 is 0 Å². The highest BCUT2D eigenvalue weighted by Crippen LogP contribution is 2.35. The van der Waals surface area contributed by atoms with Crippen molar-refractivity contribution in [1.29, 1.82) is 0 Å². The molecule has 1 saturated carbocycles. The van der Waals surface area contributed by atoms with Crippen LogP contribution in [0.4, 0.5) is 0 Å². The van der Waals surface area contributed by atoms with Crippen molar-refractivity contribution >= 4 is 15.9 Å². The van der Waals surface area contributed by atoms with E-state index in [1.54, 1.807) is 0 Å². The second-order valence-electron chi connectivity index (χ2n) is 6.44. The van der Waals surface area contributed by atoms with Crippen LogP contribution in [0.2, 0.25) is 0 Å². The average molecular weight is 399 g/mol. The summed E-state index contributed by atoms with van der Waals surface area (Å²) >= 11 is 0. The molecule has 1 aromatic rings. The van der Waals surface area contributed by atoms with Crippen LogP contribution in [0, 0.1) is 16.0 Å². The van der Waals surface area contributed by atoms with E-state index in [4.69, 9.17) is 9.47 Å². The molecule has 1 heterocycles. The number of rotatable bonds is 6. The molecule has 2 aliphatic rings. The SMILES string of the molecule is COc1ccc(S(=O)(=O)N2CCN(C(=O)[C@H]3C[C@H]3[N+](=O)[O-])CC2)cc1OC. The molecule has 1 amide bonds. The first-order valence-corrected chi connectivity index (χ1v) is 9.88. The van der Waals surface area contributed by atoms with Crippen LogP contribution < -0.4 is 9.47 Å². The van der Waals surface area contributed by atoms with E-state index in [1.807, 2.05) is 0 Å². The molecule has 0 spiro atoms. The molecule has 3 rings (SSSR count). The van der Waals surface area contributed by atoms with Gasteiger partial charge in [-0.3, -0.25) is 14.9 Å². The van der Waals surface area contributed by atoms with Crippen LogP contribution in [0.3, 0.4) is 0 Å². The van der Waals surface area contributed by atoms with Gasteiger partial charge in [0.2, 0.25) is 22.0 Å². The Bertz CT molecular complexity index is 850. The molecular formula is C16H21N3O7S. The first-order valence-electron chi connectivity index (χ1n) is 8.44. The summed E-state index contributed by atoms with van der Waals surface area (Å²) in [4.78, 5) is 24.2. The zero-order chi connectivity index (χ0) is 19.8. The first kappa shape index (κ1) is 19.4. The van der Waals surface area contributed by atoms with E-state index in [-0.39, 0.29) is 43.4 Å². The van der Waals surface area contributed by atoms with Crippen molar-refractivity contribution in [1.82, 2.24) is 9.21 Å². The molecular weight excluding hydrogens is 378 g/mol. The number of piperazine rings is 1. The van der Waals surface area contributed by atoms with Gasteiger partial charge in [-0.05, 0) is 12.1 Å². The summed E-state index contributed by atoms with van der Waals surface area (Å²) in [7, 11) is -0.857. The number of benzene rings is 1. The number of sulfonamides is 1. The van der Waals surface area contributed by atoms with Crippen LogP contribution in [0.15, 0.2) is 23.1 Å². The second kappa shape index (κ2) is 7.31. The van der Waals surface area contributed by atoms with Crippen LogP contribution in [0.1, 0.15) is 6.42 Å². The van der Waals surface area contributed by atoms with Crippen LogP contribution in [-0.4, -0.2) is 74.9 Å². The predicted octanol–water partition coefficient (Wildman–Crippen LogP) is 0.202. The molecule has 11 heteroatoms. The van der Waals surface area contributed by atoms with Crippen molar-refractivity contribution in [3.05, 3.63) is 28.3 Å². The summed E-state index contributed by atoms with van der Waals surface area (Å²) in [6.07, 6.45) is 0.260. The van der Waals surface area contributed by atoms with Gasteiger partial charge in [0.15, 0.2) is 11.5 Å². The summed E-state index contributed by atoms with van der Waals surface area (Å²) in [5.41, 5.74) is 0. The molecule has 0 N–H and O–H groups in total. The maximum atomic E-state index is 12.9. The predicted molar refractivity (Wildman–Crippen MR) is 93.8 cm³/mol. The maximum Gasteiger partial charge on any atom is 0.243 e. The lowest BCUT2D eigenvalue weighted by molar-refractivity contribution is -0.497. The molecule has 1 aliphatic carbocycles. The zero-order valence-electron chi connectivity index (χ0n) is 15.0. The molecule has 0 aromatic heterocycles. The number of ether oxygens (including phenoxy) is 2. The molecule has 0 unspecified atom stereocenters. The van der Waals surface area contributed by atoms with Crippen molar-refractivity contribution in [2.75, 3.05) is 40.4 Å². The number of hydrogen-bond acceptors (Lipinski definition) is 7. The summed E-state index contributed by atoms with van der Waals surface area (Å²) in [6.45, 7) is 0.703. The summed E-state index contributed by atoms with van der Waals surface area (Å²) in [5.74, 6) is -0.0996. The monoisotopic (exact) mass is 399 g/mol. The van der Waals surface area contributed by atoms with Crippen LogP contribution in [0.25, 0.3) is 0 Å². The third-order valence-electron chi connectivity index (χ3n) is 4.89. The average Bonchev–Trinajstić information content (AvgIpc) is 3.48. The van der Waals surface area contributed by atoms with E-state index in [1.165, 1.54) is 41.6 Å². The van der Waals surface area contributed by atoms with E-state index < -0.39 is 26.9 Å². The van der Waals surface area contributed by atoms with Gasteiger partial charge in [-0.25, -0.2) is 8.42 Å². The Hall–Kier alpha value is -2.40. The Morgan fingerprint density at radius 1 is 1.15 bits per heavy atom. The van der Waals surface area contributed by atoms with Gasteiger partial charge in [-0.1, -0.05) is 0 Å². The molecule has 0 radical (unpaired) electrons. The minimum Gasteiger partial charge on any atom is -0.493 e.